The Labute approximate surface area is 171 Å². The fourth-order valence-corrected chi connectivity index (χ4v) is 3.78. The molecule has 1 heterocycles. The van der Waals surface area contributed by atoms with E-state index in [0.717, 1.165) is 35.3 Å². The quantitative estimate of drug-likeness (QED) is 0.487. The first-order valence-electron chi connectivity index (χ1n) is 9.59. The van der Waals surface area contributed by atoms with Crippen molar-refractivity contribution in [2.45, 2.75) is 32.6 Å². The van der Waals surface area contributed by atoms with Gasteiger partial charge < -0.3 is 14.4 Å². The number of benzene rings is 2. The predicted octanol–water partition coefficient (Wildman–Crippen LogP) is 6.00. The van der Waals surface area contributed by atoms with Gasteiger partial charge in [-0.3, -0.25) is 4.57 Å². The summed E-state index contributed by atoms with van der Waals surface area (Å²) in [5.41, 5.74) is 4.13. The summed E-state index contributed by atoms with van der Waals surface area (Å²) in [7, 11) is 7.59. The Bertz CT molecular complexity index is 978. The lowest BCUT2D eigenvalue weighted by Crippen LogP contribution is -2.08. The first-order valence-corrected chi connectivity index (χ1v) is 9.97. The fourth-order valence-electron chi connectivity index (χ4n) is 3.57. The molecule has 0 unspecified atom stereocenters. The minimum absolute atomic E-state index is 0.458. The van der Waals surface area contributed by atoms with Crippen molar-refractivity contribution in [1.29, 1.82) is 0 Å². The molecule has 0 aliphatic rings. The third-order valence-electron chi connectivity index (χ3n) is 5.25. The van der Waals surface area contributed by atoms with Crippen LogP contribution in [0, 0.1) is 0 Å². The standard InChI is InChI=1S/C22H28ClN3O2/c1-7-14(8-2)16-10-12-19(27-6)20-21(16)26(5)22(24-20)28-18-11-9-15(25(3)4)13-17(18)23/h9-14H,7-8H2,1-6H3. The molecule has 28 heavy (non-hydrogen) atoms. The van der Waals surface area contributed by atoms with E-state index in [1.165, 1.54) is 5.56 Å². The topological polar surface area (TPSA) is 39.5 Å². The van der Waals surface area contributed by atoms with Crippen molar-refractivity contribution in [2.24, 2.45) is 7.05 Å². The van der Waals surface area contributed by atoms with E-state index in [2.05, 4.69) is 19.9 Å². The molecule has 0 aliphatic carbocycles. The SMILES string of the molecule is CCC(CC)c1ccc(OC)c2nc(Oc3ccc(N(C)C)cc3Cl)n(C)c12. The number of hydrogen-bond donors (Lipinski definition) is 0. The zero-order chi connectivity index (χ0) is 20.4. The van der Waals surface area contributed by atoms with Gasteiger partial charge in [0.25, 0.3) is 0 Å². The van der Waals surface area contributed by atoms with Crippen LogP contribution in [0.2, 0.25) is 5.02 Å². The van der Waals surface area contributed by atoms with E-state index in [1.807, 2.05) is 54.9 Å². The lowest BCUT2D eigenvalue weighted by molar-refractivity contribution is 0.416. The summed E-state index contributed by atoms with van der Waals surface area (Å²) >= 11 is 6.45. The van der Waals surface area contributed by atoms with E-state index in [1.54, 1.807) is 7.11 Å². The fraction of sp³-hybridized carbons (Fsp3) is 0.409. The maximum Gasteiger partial charge on any atom is 0.302 e. The molecule has 0 aliphatic heterocycles. The van der Waals surface area contributed by atoms with Crippen LogP contribution in [0.3, 0.4) is 0 Å². The van der Waals surface area contributed by atoms with E-state index in [-0.39, 0.29) is 0 Å². The molecule has 3 aromatic rings. The summed E-state index contributed by atoms with van der Waals surface area (Å²) in [6.45, 7) is 4.42. The van der Waals surface area contributed by atoms with Crippen LogP contribution in [0.25, 0.3) is 11.0 Å². The number of methoxy groups -OCH3 is 1. The third kappa shape index (κ3) is 3.63. The summed E-state index contributed by atoms with van der Waals surface area (Å²) in [6.07, 6.45) is 2.13. The van der Waals surface area contributed by atoms with Gasteiger partial charge in [-0.15, -0.1) is 0 Å². The smallest absolute Gasteiger partial charge is 0.302 e. The van der Waals surface area contributed by atoms with Crippen molar-refractivity contribution >= 4 is 28.3 Å². The van der Waals surface area contributed by atoms with Crippen molar-refractivity contribution in [3.8, 4) is 17.5 Å². The molecule has 1 aromatic heterocycles. The van der Waals surface area contributed by atoms with E-state index < -0.39 is 0 Å². The molecule has 0 N–H and O–H groups in total. The number of anilines is 1. The Kier molecular flexibility index (Phi) is 6.04. The molecular weight excluding hydrogens is 374 g/mol. The highest BCUT2D eigenvalue weighted by molar-refractivity contribution is 6.32. The predicted molar refractivity (Wildman–Crippen MR) is 116 cm³/mol. The van der Waals surface area contributed by atoms with Gasteiger partial charge in [-0.1, -0.05) is 31.5 Å². The molecule has 0 bridgehead atoms. The second kappa shape index (κ2) is 8.31. The van der Waals surface area contributed by atoms with Gasteiger partial charge in [0.15, 0.2) is 0 Å². The highest BCUT2D eigenvalue weighted by Crippen LogP contribution is 2.39. The highest BCUT2D eigenvalue weighted by Gasteiger charge is 2.21. The minimum atomic E-state index is 0.458. The zero-order valence-corrected chi connectivity index (χ0v) is 18.2. The van der Waals surface area contributed by atoms with Gasteiger partial charge >= 0.3 is 6.01 Å². The van der Waals surface area contributed by atoms with Gasteiger partial charge in [0.2, 0.25) is 0 Å². The van der Waals surface area contributed by atoms with Crippen molar-refractivity contribution in [3.63, 3.8) is 0 Å². The van der Waals surface area contributed by atoms with Gasteiger partial charge in [0.1, 0.15) is 17.0 Å². The molecule has 0 amide bonds. The average molecular weight is 402 g/mol. The Balaban J connectivity index is 2.10. The first kappa shape index (κ1) is 20.3. The number of aromatic nitrogens is 2. The molecule has 2 aromatic carbocycles. The largest absolute Gasteiger partial charge is 0.494 e. The number of hydrogen-bond acceptors (Lipinski definition) is 4. The summed E-state index contributed by atoms with van der Waals surface area (Å²) in [4.78, 5) is 6.73. The number of rotatable bonds is 7. The summed E-state index contributed by atoms with van der Waals surface area (Å²) < 4.78 is 13.6. The Morgan fingerprint density at radius 2 is 1.79 bits per heavy atom. The van der Waals surface area contributed by atoms with Gasteiger partial charge in [-0.2, -0.15) is 4.98 Å². The number of fused-ring (bicyclic) bond motifs is 1. The van der Waals surface area contributed by atoms with Gasteiger partial charge in [-0.25, -0.2) is 0 Å². The Hall–Kier alpha value is -2.40. The maximum atomic E-state index is 6.45. The van der Waals surface area contributed by atoms with Crippen molar-refractivity contribution < 1.29 is 9.47 Å². The normalized spacial score (nSPS) is 11.3. The van der Waals surface area contributed by atoms with Crippen LogP contribution < -0.4 is 14.4 Å². The number of aryl methyl sites for hydroxylation is 1. The number of nitrogens with zero attached hydrogens (tertiary/aromatic N) is 3. The van der Waals surface area contributed by atoms with E-state index in [0.29, 0.717) is 22.7 Å². The molecule has 5 nitrogen and oxygen atoms in total. The molecule has 150 valence electrons. The van der Waals surface area contributed by atoms with E-state index >= 15 is 0 Å². The van der Waals surface area contributed by atoms with Crippen molar-refractivity contribution in [1.82, 2.24) is 9.55 Å². The molecule has 0 atom stereocenters. The van der Waals surface area contributed by atoms with E-state index in [4.69, 9.17) is 26.1 Å². The van der Waals surface area contributed by atoms with Crippen LogP contribution in [0.1, 0.15) is 38.2 Å². The molecule has 0 spiro atoms. The lowest BCUT2D eigenvalue weighted by atomic mass is 9.92. The van der Waals surface area contributed by atoms with Crippen molar-refractivity contribution in [3.05, 3.63) is 40.9 Å². The molecule has 0 saturated carbocycles. The van der Waals surface area contributed by atoms with Gasteiger partial charge in [0, 0.05) is 26.8 Å². The zero-order valence-electron chi connectivity index (χ0n) is 17.4. The molecular formula is C22H28ClN3O2. The van der Waals surface area contributed by atoms with Crippen molar-refractivity contribution in [2.75, 3.05) is 26.1 Å². The first-order chi connectivity index (χ1) is 13.4. The third-order valence-corrected chi connectivity index (χ3v) is 5.55. The Morgan fingerprint density at radius 1 is 1.11 bits per heavy atom. The number of ether oxygens (including phenoxy) is 2. The summed E-state index contributed by atoms with van der Waals surface area (Å²) in [6, 6.07) is 10.4. The lowest BCUT2D eigenvalue weighted by Gasteiger charge is -2.16. The second-order valence-electron chi connectivity index (χ2n) is 7.13. The van der Waals surface area contributed by atoms with Crippen LogP contribution in [-0.4, -0.2) is 30.8 Å². The van der Waals surface area contributed by atoms with E-state index in [9.17, 15) is 0 Å². The molecule has 0 radical (unpaired) electrons. The minimum Gasteiger partial charge on any atom is -0.494 e. The molecule has 6 heteroatoms. The van der Waals surface area contributed by atoms with Crippen LogP contribution in [-0.2, 0) is 7.05 Å². The second-order valence-corrected chi connectivity index (χ2v) is 7.54. The molecule has 0 fully saturated rings. The summed E-state index contributed by atoms with van der Waals surface area (Å²) in [5.74, 6) is 1.78. The van der Waals surface area contributed by atoms with Gasteiger partial charge in [-0.05, 0) is 48.6 Å². The summed E-state index contributed by atoms with van der Waals surface area (Å²) in [5, 5.41) is 0.547. The van der Waals surface area contributed by atoms with Crippen LogP contribution in [0.15, 0.2) is 30.3 Å². The molecule has 0 saturated heterocycles. The monoisotopic (exact) mass is 401 g/mol. The number of imidazole rings is 1. The Morgan fingerprint density at radius 3 is 2.36 bits per heavy atom. The highest BCUT2D eigenvalue weighted by atomic mass is 35.5. The van der Waals surface area contributed by atoms with Crippen LogP contribution in [0.5, 0.6) is 17.5 Å². The number of halogens is 1. The maximum absolute atomic E-state index is 6.45. The van der Waals surface area contributed by atoms with Crippen LogP contribution >= 0.6 is 11.6 Å². The van der Waals surface area contributed by atoms with Gasteiger partial charge in [0.05, 0.1) is 17.6 Å². The average Bonchev–Trinajstić information content (AvgIpc) is 3.01. The molecule has 3 rings (SSSR count). The van der Waals surface area contributed by atoms with Crippen LogP contribution in [0.4, 0.5) is 5.69 Å².